The molecule has 0 saturated carbocycles. The van der Waals surface area contributed by atoms with Crippen molar-refractivity contribution in [1.82, 2.24) is 24.6 Å². The third-order valence-corrected chi connectivity index (χ3v) is 5.63. The number of piperazine rings is 1. The second-order valence-corrected chi connectivity index (χ2v) is 8.67. The van der Waals surface area contributed by atoms with Gasteiger partial charge in [0.2, 0.25) is 5.91 Å². The van der Waals surface area contributed by atoms with E-state index in [0.29, 0.717) is 36.3 Å². The highest BCUT2D eigenvalue weighted by atomic mass is 35.5. The Morgan fingerprint density at radius 2 is 1.73 bits per heavy atom. The average molecular weight is 427 g/mol. The zero-order valence-electron chi connectivity index (χ0n) is 17.9. The molecule has 0 radical (unpaired) electrons. The molecule has 158 valence electrons. The molecule has 2 aromatic heterocycles. The van der Waals surface area contributed by atoms with Gasteiger partial charge in [-0.3, -0.25) is 4.79 Å². The fraction of sp³-hybridized carbons (Fsp3) is 0.455. The van der Waals surface area contributed by atoms with Crippen LogP contribution in [-0.4, -0.2) is 56.7 Å². The minimum Gasteiger partial charge on any atom is -0.352 e. The highest BCUT2D eigenvalue weighted by molar-refractivity contribution is 6.30. The zero-order chi connectivity index (χ0) is 21.4. The number of rotatable bonds is 4. The van der Waals surface area contributed by atoms with Crippen LogP contribution in [0.2, 0.25) is 5.02 Å². The SMILES string of the molecule is Cc1nc(N2CCN(C(=O)CC(C)C)CC2)c2c(C)nn(-c3ccc(Cl)cc3)c2n1. The van der Waals surface area contributed by atoms with E-state index in [0.717, 1.165) is 41.3 Å². The molecule has 1 amide bonds. The molecule has 0 atom stereocenters. The van der Waals surface area contributed by atoms with Crippen LogP contribution < -0.4 is 4.90 Å². The zero-order valence-corrected chi connectivity index (χ0v) is 18.6. The van der Waals surface area contributed by atoms with Gasteiger partial charge in [0.25, 0.3) is 0 Å². The molecule has 30 heavy (non-hydrogen) atoms. The molecule has 0 unspecified atom stereocenters. The number of nitrogens with zero attached hydrogens (tertiary/aromatic N) is 6. The second kappa shape index (κ2) is 8.22. The van der Waals surface area contributed by atoms with Gasteiger partial charge < -0.3 is 9.80 Å². The molecule has 1 saturated heterocycles. The van der Waals surface area contributed by atoms with E-state index in [4.69, 9.17) is 26.7 Å². The van der Waals surface area contributed by atoms with Gasteiger partial charge in [0.15, 0.2) is 5.65 Å². The van der Waals surface area contributed by atoms with Crippen molar-refractivity contribution in [2.75, 3.05) is 31.1 Å². The third-order valence-electron chi connectivity index (χ3n) is 5.38. The van der Waals surface area contributed by atoms with E-state index in [2.05, 4.69) is 18.7 Å². The number of hydrogen-bond donors (Lipinski definition) is 0. The summed E-state index contributed by atoms with van der Waals surface area (Å²) >= 11 is 6.05. The third kappa shape index (κ3) is 3.99. The smallest absolute Gasteiger partial charge is 0.222 e. The number of anilines is 1. The Balaban J connectivity index is 1.66. The largest absolute Gasteiger partial charge is 0.352 e. The van der Waals surface area contributed by atoms with Crippen LogP contribution in [0.5, 0.6) is 0 Å². The Labute approximate surface area is 181 Å². The topological polar surface area (TPSA) is 67.2 Å². The maximum absolute atomic E-state index is 12.4. The van der Waals surface area contributed by atoms with E-state index >= 15 is 0 Å². The molecule has 4 rings (SSSR count). The number of benzene rings is 1. The highest BCUT2D eigenvalue weighted by Crippen LogP contribution is 2.30. The molecule has 1 aliphatic heterocycles. The molecule has 1 fully saturated rings. The first-order chi connectivity index (χ1) is 14.3. The summed E-state index contributed by atoms with van der Waals surface area (Å²) in [5.41, 5.74) is 2.58. The van der Waals surface area contributed by atoms with Gasteiger partial charge in [0.1, 0.15) is 11.6 Å². The molecule has 0 aliphatic carbocycles. The molecular formula is C22H27ClN6O. The predicted molar refractivity (Wildman–Crippen MR) is 119 cm³/mol. The Hall–Kier alpha value is -2.67. The van der Waals surface area contributed by atoms with Gasteiger partial charge in [0.05, 0.1) is 16.8 Å². The summed E-state index contributed by atoms with van der Waals surface area (Å²) in [7, 11) is 0. The molecule has 8 heteroatoms. The highest BCUT2D eigenvalue weighted by Gasteiger charge is 2.26. The first-order valence-electron chi connectivity index (χ1n) is 10.4. The van der Waals surface area contributed by atoms with Crippen LogP contribution in [0.4, 0.5) is 5.82 Å². The summed E-state index contributed by atoms with van der Waals surface area (Å²) in [6, 6.07) is 7.57. The van der Waals surface area contributed by atoms with Crippen molar-refractivity contribution < 1.29 is 4.79 Å². The number of hydrogen-bond acceptors (Lipinski definition) is 5. The van der Waals surface area contributed by atoms with Crippen LogP contribution in [-0.2, 0) is 4.79 Å². The molecule has 0 spiro atoms. The number of fused-ring (bicyclic) bond motifs is 1. The van der Waals surface area contributed by atoms with Gasteiger partial charge >= 0.3 is 0 Å². The number of carbonyl (C=O) groups is 1. The second-order valence-electron chi connectivity index (χ2n) is 8.23. The Morgan fingerprint density at radius 3 is 2.37 bits per heavy atom. The molecule has 1 aromatic carbocycles. The predicted octanol–water partition coefficient (Wildman–Crippen LogP) is 3.78. The lowest BCUT2D eigenvalue weighted by Crippen LogP contribution is -2.49. The lowest BCUT2D eigenvalue weighted by Gasteiger charge is -2.36. The summed E-state index contributed by atoms with van der Waals surface area (Å²) in [5, 5.41) is 6.38. The summed E-state index contributed by atoms with van der Waals surface area (Å²) in [6.07, 6.45) is 0.601. The molecule has 3 heterocycles. The van der Waals surface area contributed by atoms with E-state index in [-0.39, 0.29) is 5.91 Å². The minimum absolute atomic E-state index is 0.236. The Morgan fingerprint density at radius 1 is 1.07 bits per heavy atom. The van der Waals surface area contributed by atoms with Crippen molar-refractivity contribution in [3.63, 3.8) is 0 Å². The van der Waals surface area contributed by atoms with Crippen molar-refractivity contribution in [3.05, 3.63) is 40.8 Å². The van der Waals surface area contributed by atoms with Gasteiger partial charge in [0, 0.05) is 37.6 Å². The van der Waals surface area contributed by atoms with Crippen molar-refractivity contribution in [2.24, 2.45) is 5.92 Å². The molecule has 3 aromatic rings. The van der Waals surface area contributed by atoms with Crippen molar-refractivity contribution in [2.45, 2.75) is 34.1 Å². The fourth-order valence-electron chi connectivity index (χ4n) is 3.90. The first kappa shape index (κ1) is 20.6. The molecular weight excluding hydrogens is 400 g/mol. The number of aromatic nitrogens is 4. The van der Waals surface area contributed by atoms with Gasteiger partial charge in [-0.05, 0) is 44.0 Å². The van der Waals surface area contributed by atoms with E-state index in [1.165, 1.54) is 0 Å². The number of aryl methyl sites for hydroxylation is 2. The van der Waals surface area contributed by atoms with Crippen molar-refractivity contribution in [3.8, 4) is 5.69 Å². The maximum Gasteiger partial charge on any atom is 0.222 e. The van der Waals surface area contributed by atoms with E-state index in [9.17, 15) is 4.79 Å². The van der Waals surface area contributed by atoms with Gasteiger partial charge in [-0.25, -0.2) is 14.6 Å². The summed E-state index contributed by atoms with van der Waals surface area (Å²) < 4.78 is 1.85. The summed E-state index contributed by atoms with van der Waals surface area (Å²) in [6.45, 7) is 11.0. The van der Waals surface area contributed by atoms with Crippen LogP contribution in [0.3, 0.4) is 0 Å². The van der Waals surface area contributed by atoms with Gasteiger partial charge in [-0.2, -0.15) is 5.10 Å². The average Bonchev–Trinajstić information content (AvgIpc) is 3.04. The van der Waals surface area contributed by atoms with E-state index in [1.54, 1.807) is 0 Å². The molecule has 7 nitrogen and oxygen atoms in total. The van der Waals surface area contributed by atoms with E-state index in [1.807, 2.05) is 47.7 Å². The number of halogens is 1. The fourth-order valence-corrected chi connectivity index (χ4v) is 4.03. The van der Waals surface area contributed by atoms with E-state index < -0.39 is 0 Å². The van der Waals surface area contributed by atoms with Gasteiger partial charge in [-0.1, -0.05) is 25.4 Å². The standard InChI is InChI=1S/C22H27ClN6O/c1-14(2)13-19(30)27-9-11-28(12-10-27)21-20-15(3)26-29(22(20)25-16(4)24-21)18-7-5-17(23)6-8-18/h5-8,14H,9-13H2,1-4H3. The number of amides is 1. The van der Waals surface area contributed by atoms with Crippen LogP contribution >= 0.6 is 11.6 Å². The molecule has 0 bridgehead atoms. The van der Waals surface area contributed by atoms with Crippen molar-refractivity contribution >= 4 is 34.4 Å². The lowest BCUT2D eigenvalue weighted by atomic mass is 10.1. The first-order valence-corrected chi connectivity index (χ1v) is 10.7. The van der Waals surface area contributed by atoms with Gasteiger partial charge in [-0.15, -0.1) is 0 Å². The quantitative estimate of drug-likeness (QED) is 0.635. The summed E-state index contributed by atoms with van der Waals surface area (Å²) in [5.74, 6) is 2.21. The Kier molecular flexibility index (Phi) is 5.64. The number of carbonyl (C=O) groups excluding carboxylic acids is 1. The van der Waals surface area contributed by atoms with Crippen LogP contribution in [0.25, 0.3) is 16.7 Å². The van der Waals surface area contributed by atoms with Crippen LogP contribution in [0, 0.1) is 19.8 Å². The summed E-state index contributed by atoms with van der Waals surface area (Å²) in [4.78, 5) is 26.1. The monoisotopic (exact) mass is 426 g/mol. The van der Waals surface area contributed by atoms with Crippen molar-refractivity contribution in [1.29, 1.82) is 0 Å². The van der Waals surface area contributed by atoms with Crippen LogP contribution in [0.15, 0.2) is 24.3 Å². The lowest BCUT2D eigenvalue weighted by molar-refractivity contribution is -0.132. The normalized spacial score (nSPS) is 14.7. The maximum atomic E-state index is 12.4. The minimum atomic E-state index is 0.236. The molecule has 0 N–H and O–H groups in total. The Bertz CT molecular complexity index is 1070. The molecule has 1 aliphatic rings. The van der Waals surface area contributed by atoms with Crippen LogP contribution in [0.1, 0.15) is 31.8 Å².